The molecule has 18 heavy (non-hydrogen) atoms. The summed E-state index contributed by atoms with van der Waals surface area (Å²) in [5.74, 6) is 1.84. The van der Waals surface area contributed by atoms with E-state index < -0.39 is 0 Å². The van der Waals surface area contributed by atoms with Crippen molar-refractivity contribution >= 4 is 11.6 Å². The van der Waals surface area contributed by atoms with Gasteiger partial charge in [-0.2, -0.15) is 0 Å². The van der Waals surface area contributed by atoms with Crippen LogP contribution >= 0.6 is 0 Å². The molecular weight excluding hydrogens is 222 g/mol. The third-order valence-corrected chi connectivity index (χ3v) is 3.41. The van der Waals surface area contributed by atoms with Crippen molar-refractivity contribution in [3.05, 3.63) is 53.6 Å². The van der Waals surface area contributed by atoms with Crippen LogP contribution in [0.5, 0.6) is 0 Å². The van der Waals surface area contributed by atoms with Crippen molar-refractivity contribution in [1.29, 1.82) is 0 Å². The summed E-state index contributed by atoms with van der Waals surface area (Å²) in [4.78, 5) is 4.50. The molecule has 1 aliphatic rings. The molecule has 0 spiro atoms. The second kappa shape index (κ2) is 4.69. The maximum atomic E-state index is 4.50. The number of benzene rings is 1. The molecular formula is C15H17N3. The van der Waals surface area contributed by atoms with Crippen LogP contribution in [0.1, 0.15) is 11.1 Å². The minimum atomic E-state index is 0.460. The average molecular weight is 239 g/mol. The van der Waals surface area contributed by atoms with Crippen molar-refractivity contribution in [2.75, 3.05) is 17.7 Å². The largest absolute Gasteiger partial charge is 0.373 e. The summed E-state index contributed by atoms with van der Waals surface area (Å²) in [6.07, 6.45) is 2.17. The summed E-state index contributed by atoms with van der Waals surface area (Å²) in [7, 11) is 1.89. The van der Waals surface area contributed by atoms with E-state index in [-0.39, 0.29) is 0 Å². The third kappa shape index (κ3) is 2.16. The Morgan fingerprint density at radius 3 is 2.28 bits per heavy atom. The lowest BCUT2D eigenvalue weighted by atomic mass is 10.1. The number of fused-ring (bicyclic) bond motifs is 1. The van der Waals surface area contributed by atoms with Crippen LogP contribution in [-0.2, 0) is 12.8 Å². The second-order valence-corrected chi connectivity index (χ2v) is 4.68. The van der Waals surface area contributed by atoms with E-state index in [4.69, 9.17) is 0 Å². The van der Waals surface area contributed by atoms with Gasteiger partial charge in [-0.05, 0) is 36.1 Å². The summed E-state index contributed by atoms with van der Waals surface area (Å²) in [5.41, 5.74) is 2.92. The molecule has 0 radical (unpaired) electrons. The quantitative estimate of drug-likeness (QED) is 0.864. The van der Waals surface area contributed by atoms with Crippen molar-refractivity contribution in [1.82, 2.24) is 4.98 Å². The average Bonchev–Trinajstić information content (AvgIpc) is 2.81. The molecule has 0 aliphatic heterocycles. The Kier molecular flexibility index (Phi) is 2.89. The van der Waals surface area contributed by atoms with Crippen molar-refractivity contribution in [2.24, 2.45) is 0 Å². The van der Waals surface area contributed by atoms with Gasteiger partial charge in [0.15, 0.2) is 0 Å². The van der Waals surface area contributed by atoms with Crippen LogP contribution in [0.25, 0.3) is 0 Å². The first-order chi connectivity index (χ1) is 8.85. The van der Waals surface area contributed by atoms with Gasteiger partial charge < -0.3 is 10.6 Å². The van der Waals surface area contributed by atoms with E-state index in [0.29, 0.717) is 6.04 Å². The van der Waals surface area contributed by atoms with E-state index in [1.807, 2.05) is 25.2 Å². The van der Waals surface area contributed by atoms with E-state index in [1.165, 1.54) is 11.1 Å². The highest BCUT2D eigenvalue weighted by Gasteiger charge is 2.20. The SMILES string of the molecule is CNc1cccc(NC2Cc3ccccc3C2)n1. The van der Waals surface area contributed by atoms with Crippen LogP contribution in [0.4, 0.5) is 11.6 Å². The molecule has 3 heteroatoms. The van der Waals surface area contributed by atoms with Crippen LogP contribution in [0.3, 0.4) is 0 Å². The first-order valence-electron chi connectivity index (χ1n) is 6.33. The molecule has 0 saturated carbocycles. The maximum Gasteiger partial charge on any atom is 0.128 e. The summed E-state index contributed by atoms with van der Waals surface area (Å²) < 4.78 is 0. The van der Waals surface area contributed by atoms with Crippen LogP contribution in [0.15, 0.2) is 42.5 Å². The lowest BCUT2D eigenvalue weighted by Gasteiger charge is -2.13. The Morgan fingerprint density at radius 1 is 0.944 bits per heavy atom. The molecule has 0 amide bonds. The monoisotopic (exact) mass is 239 g/mol. The number of nitrogens with one attached hydrogen (secondary N) is 2. The van der Waals surface area contributed by atoms with E-state index >= 15 is 0 Å². The van der Waals surface area contributed by atoms with Crippen LogP contribution in [0, 0.1) is 0 Å². The smallest absolute Gasteiger partial charge is 0.128 e. The number of nitrogens with zero attached hydrogens (tertiary/aromatic N) is 1. The zero-order valence-corrected chi connectivity index (χ0v) is 10.5. The Bertz CT molecular complexity index is 526. The number of hydrogen-bond donors (Lipinski definition) is 2. The molecule has 0 saturated heterocycles. The van der Waals surface area contributed by atoms with Gasteiger partial charge in [0.25, 0.3) is 0 Å². The molecule has 92 valence electrons. The van der Waals surface area contributed by atoms with Gasteiger partial charge in [0.05, 0.1) is 0 Å². The fourth-order valence-electron chi connectivity index (χ4n) is 2.52. The molecule has 0 atom stereocenters. The van der Waals surface area contributed by atoms with Gasteiger partial charge >= 0.3 is 0 Å². The predicted molar refractivity (Wildman–Crippen MR) is 75.0 cm³/mol. The molecule has 1 aromatic heterocycles. The van der Waals surface area contributed by atoms with Crippen LogP contribution in [-0.4, -0.2) is 18.1 Å². The van der Waals surface area contributed by atoms with Gasteiger partial charge in [0, 0.05) is 13.1 Å². The highest BCUT2D eigenvalue weighted by molar-refractivity contribution is 5.47. The van der Waals surface area contributed by atoms with E-state index in [0.717, 1.165) is 24.5 Å². The van der Waals surface area contributed by atoms with Gasteiger partial charge in [0.1, 0.15) is 11.6 Å². The van der Waals surface area contributed by atoms with Crippen molar-refractivity contribution < 1.29 is 0 Å². The van der Waals surface area contributed by atoms with Crippen molar-refractivity contribution in [3.8, 4) is 0 Å². The summed E-state index contributed by atoms with van der Waals surface area (Å²) >= 11 is 0. The van der Waals surface area contributed by atoms with E-state index in [2.05, 4.69) is 39.9 Å². The lowest BCUT2D eigenvalue weighted by Crippen LogP contribution is -2.20. The van der Waals surface area contributed by atoms with E-state index in [1.54, 1.807) is 0 Å². The highest BCUT2D eigenvalue weighted by Crippen LogP contribution is 2.24. The highest BCUT2D eigenvalue weighted by atomic mass is 15.1. The van der Waals surface area contributed by atoms with Crippen molar-refractivity contribution in [3.63, 3.8) is 0 Å². The maximum absolute atomic E-state index is 4.50. The van der Waals surface area contributed by atoms with Gasteiger partial charge in [-0.15, -0.1) is 0 Å². The minimum Gasteiger partial charge on any atom is -0.373 e. The normalized spacial score (nSPS) is 14.3. The van der Waals surface area contributed by atoms with Crippen LogP contribution in [0.2, 0.25) is 0 Å². The van der Waals surface area contributed by atoms with Gasteiger partial charge in [-0.25, -0.2) is 4.98 Å². The third-order valence-electron chi connectivity index (χ3n) is 3.41. The Morgan fingerprint density at radius 2 is 1.61 bits per heavy atom. The molecule has 3 nitrogen and oxygen atoms in total. The second-order valence-electron chi connectivity index (χ2n) is 4.68. The number of hydrogen-bond acceptors (Lipinski definition) is 3. The molecule has 1 aromatic carbocycles. The first-order valence-corrected chi connectivity index (χ1v) is 6.33. The lowest BCUT2D eigenvalue weighted by molar-refractivity contribution is 0.769. The molecule has 0 fully saturated rings. The first kappa shape index (κ1) is 11.1. The molecule has 0 unspecified atom stereocenters. The predicted octanol–water partition coefficient (Wildman–Crippen LogP) is 2.70. The zero-order valence-electron chi connectivity index (χ0n) is 10.5. The fraction of sp³-hybridized carbons (Fsp3) is 0.267. The molecule has 3 rings (SSSR count). The Labute approximate surface area is 107 Å². The molecule has 1 aliphatic carbocycles. The topological polar surface area (TPSA) is 37.0 Å². The number of anilines is 2. The number of aromatic nitrogens is 1. The molecule has 0 bridgehead atoms. The van der Waals surface area contributed by atoms with E-state index in [9.17, 15) is 0 Å². The number of pyridine rings is 1. The standard InChI is InChI=1S/C15H17N3/c1-16-14-7-4-8-15(18-14)17-13-9-11-5-2-3-6-12(11)10-13/h2-8,13H,9-10H2,1H3,(H2,16,17,18). The van der Waals surface area contributed by atoms with Crippen molar-refractivity contribution in [2.45, 2.75) is 18.9 Å². The van der Waals surface area contributed by atoms with Gasteiger partial charge in [-0.1, -0.05) is 30.3 Å². The molecule has 2 aromatic rings. The minimum absolute atomic E-state index is 0.460. The fourth-order valence-corrected chi connectivity index (χ4v) is 2.52. The van der Waals surface area contributed by atoms with Crippen LogP contribution < -0.4 is 10.6 Å². The van der Waals surface area contributed by atoms with Gasteiger partial charge in [-0.3, -0.25) is 0 Å². The number of rotatable bonds is 3. The molecule has 1 heterocycles. The Balaban J connectivity index is 1.72. The zero-order chi connectivity index (χ0) is 12.4. The Hall–Kier alpha value is -2.03. The summed E-state index contributed by atoms with van der Waals surface area (Å²) in [6.45, 7) is 0. The summed E-state index contributed by atoms with van der Waals surface area (Å²) in [5, 5.41) is 6.57. The molecule has 2 N–H and O–H groups in total. The summed E-state index contributed by atoms with van der Waals surface area (Å²) in [6, 6.07) is 15.1. The van der Waals surface area contributed by atoms with Gasteiger partial charge in [0.2, 0.25) is 0 Å².